The van der Waals surface area contributed by atoms with Crippen LogP contribution in [-0.2, 0) is 12.0 Å². The molecule has 4 nitrogen and oxygen atoms in total. The van der Waals surface area contributed by atoms with Gasteiger partial charge in [0.25, 0.3) is 0 Å². The van der Waals surface area contributed by atoms with Crippen LogP contribution >= 0.6 is 28.1 Å². The highest BCUT2D eigenvalue weighted by Gasteiger charge is 2.23. The molecule has 0 saturated heterocycles. The Hall–Kier alpha value is -1.01. The lowest BCUT2D eigenvalue weighted by atomic mass is 9.96. The normalized spacial score (nSPS) is 12.0. The Kier molecular flexibility index (Phi) is 3.42. The molecule has 0 unspecified atom stereocenters. The average Bonchev–Trinajstić information content (AvgIpc) is 2.55. The molecule has 18 heavy (non-hydrogen) atoms. The first-order valence-corrected chi connectivity index (χ1v) is 6.80. The molecule has 2 aromatic heterocycles. The lowest BCUT2D eigenvalue weighted by molar-refractivity contribution is 0.521. The minimum absolute atomic E-state index is 0.0854. The summed E-state index contributed by atoms with van der Waals surface area (Å²) in [5, 5.41) is 0. The second-order valence-electron chi connectivity index (χ2n) is 5.23. The summed E-state index contributed by atoms with van der Waals surface area (Å²) in [7, 11) is 0. The van der Waals surface area contributed by atoms with Crippen LogP contribution in [0.4, 0.5) is 0 Å². The Morgan fingerprint density at radius 2 is 2.17 bits per heavy atom. The zero-order valence-corrected chi connectivity index (χ0v) is 13.0. The van der Waals surface area contributed by atoms with E-state index < -0.39 is 0 Å². The van der Waals surface area contributed by atoms with Crippen LogP contribution in [0.3, 0.4) is 0 Å². The van der Waals surface area contributed by atoms with E-state index in [-0.39, 0.29) is 5.41 Å². The van der Waals surface area contributed by atoms with Gasteiger partial charge >= 0.3 is 0 Å². The smallest absolute Gasteiger partial charge is 0.160 e. The first kappa shape index (κ1) is 13.4. The Morgan fingerprint density at radius 1 is 1.50 bits per heavy atom. The number of aromatic nitrogens is 3. The van der Waals surface area contributed by atoms with Gasteiger partial charge in [0.2, 0.25) is 0 Å². The first-order valence-electron chi connectivity index (χ1n) is 5.59. The van der Waals surface area contributed by atoms with E-state index in [1.54, 1.807) is 6.20 Å². The standard InChI is InChI=1S/C12H15BrN4S/c1-12(2,3)11-16-8-4-7(13)5-15-10(8)17(11)6-9(14)18/h4-5H,6H2,1-3H3,(H2,14,18). The molecule has 0 saturated carbocycles. The summed E-state index contributed by atoms with van der Waals surface area (Å²) in [5.74, 6) is 0.941. The number of nitrogens with two attached hydrogens (primary N) is 1. The quantitative estimate of drug-likeness (QED) is 0.862. The third-order valence-corrected chi connectivity index (χ3v) is 3.10. The van der Waals surface area contributed by atoms with Crippen LogP contribution < -0.4 is 5.73 Å². The second-order valence-corrected chi connectivity index (χ2v) is 6.67. The van der Waals surface area contributed by atoms with Gasteiger partial charge in [-0.25, -0.2) is 9.97 Å². The van der Waals surface area contributed by atoms with Gasteiger partial charge in [0.1, 0.15) is 11.3 Å². The van der Waals surface area contributed by atoms with Crippen molar-refractivity contribution in [2.24, 2.45) is 5.73 Å². The number of thiocarbonyl (C=S) groups is 1. The Labute approximate surface area is 120 Å². The van der Waals surface area contributed by atoms with Gasteiger partial charge in [0.05, 0.1) is 11.5 Å². The van der Waals surface area contributed by atoms with Gasteiger partial charge in [-0.3, -0.25) is 0 Å². The summed E-state index contributed by atoms with van der Waals surface area (Å²) in [6.07, 6.45) is 1.76. The van der Waals surface area contributed by atoms with Crippen LogP contribution in [0.1, 0.15) is 26.6 Å². The van der Waals surface area contributed by atoms with E-state index in [0.29, 0.717) is 11.5 Å². The maximum atomic E-state index is 5.66. The minimum atomic E-state index is -0.0854. The number of rotatable bonds is 2. The highest BCUT2D eigenvalue weighted by molar-refractivity contribution is 9.10. The van der Waals surface area contributed by atoms with Crippen molar-refractivity contribution in [3.05, 3.63) is 22.6 Å². The zero-order valence-electron chi connectivity index (χ0n) is 10.6. The van der Waals surface area contributed by atoms with E-state index in [2.05, 4.69) is 46.7 Å². The zero-order chi connectivity index (χ0) is 13.5. The summed E-state index contributed by atoms with van der Waals surface area (Å²) in [6, 6.07) is 1.95. The Bertz CT molecular complexity index is 612. The predicted molar refractivity (Wildman–Crippen MR) is 80.7 cm³/mol. The molecule has 2 heterocycles. The molecule has 0 radical (unpaired) electrons. The molecule has 0 aromatic carbocycles. The molecule has 0 amide bonds. The second kappa shape index (κ2) is 4.59. The molecule has 6 heteroatoms. The molecule has 2 aromatic rings. The largest absolute Gasteiger partial charge is 0.392 e. The Morgan fingerprint density at radius 3 is 2.72 bits per heavy atom. The number of hydrogen-bond donors (Lipinski definition) is 1. The number of hydrogen-bond acceptors (Lipinski definition) is 3. The van der Waals surface area contributed by atoms with Crippen molar-refractivity contribution in [1.82, 2.24) is 14.5 Å². The predicted octanol–water partition coefficient (Wildman–Crippen LogP) is 2.78. The number of nitrogens with zero attached hydrogens (tertiary/aromatic N) is 3. The summed E-state index contributed by atoms with van der Waals surface area (Å²) in [5.41, 5.74) is 7.25. The van der Waals surface area contributed by atoms with Gasteiger partial charge in [-0.2, -0.15) is 0 Å². The van der Waals surface area contributed by atoms with E-state index in [1.165, 1.54) is 0 Å². The SMILES string of the molecule is CC(C)(C)c1nc2cc(Br)cnc2n1CC(N)=S. The van der Waals surface area contributed by atoms with Crippen molar-refractivity contribution in [3.63, 3.8) is 0 Å². The van der Waals surface area contributed by atoms with Gasteiger partial charge in [0, 0.05) is 16.1 Å². The van der Waals surface area contributed by atoms with Crippen LogP contribution in [0.5, 0.6) is 0 Å². The van der Waals surface area contributed by atoms with Crippen LogP contribution in [0, 0.1) is 0 Å². The molecule has 96 valence electrons. The molecular weight excluding hydrogens is 312 g/mol. The van der Waals surface area contributed by atoms with E-state index in [0.717, 1.165) is 21.5 Å². The molecule has 0 spiro atoms. The van der Waals surface area contributed by atoms with Crippen LogP contribution in [0.15, 0.2) is 16.7 Å². The van der Waals surface area contributed by atoms with Crippen molar-refractivity contribution < 1.29 is 0 Å². The molecular formula is C12H15BrN4S. The first-order chi connectivity index (χ1) is 8.29. The fourth-order valence-electron chi connectivity index (χ4n) is 1.86. The van der Waals surface area contributed by atoms with E-state index >= 15 is 0 Å². The van der Waals surface area contributed by atoms with Gasteiger partial charge in [-0.1, -0.05) is 33.0 Å². The fourth-order valence-corrected chi connectivity index (χ4v) is 2.31. The van der Waals surface area contributed by atoms with Crippen LogP contribution in [0.2, 0.25) is 0 Å². The van der Waals surface area contributed by atoms with Crippen molar-refractivity contribution in [2.45, 2.75) is 32.7 Å². The van der Waals surface area contributed by atoms with Crippen molar-refractivity contribution in [3.8, 4) is 0 Å². The molecule has 2 rings (SSSR count). The van der Waals surface area contributed by atoms with Crippen molar-refractivity contribution in [1.29, 1.82) is 0 Å². The number of imidazole rings is 1. The number of fused-ring (bicyclic) bond motifs is 1. The number of pyridine rings is 1. The summed E-state index contributed by atoms with van der Waals surface area (Å²) in [6.45, 7) is 6.80. The third kappa shape index (κ3) is 2.54. The Balaban J connectivity index is 2.72. The third-order valence-electron chi connectivity index (χ3n) is 2.54. The van der Waals surface area contributed by atoms with Crippen LogP contribution in [0.25, 0.3) is 11.2 Å². The molecule has 0 bridgehead atoms. The van der Waals surface area contributed by atoms with E-state index in [4.69, 9.17) is 18.0 Å². The van der Waals surface area contributed by atoms with Gasteiger partial charge in [0.15, 0.2) is 5.65 Å². The van der Waals surface area contributed by atoms with Crippen LogP contribution in [-0.4, -0.2) is 19.5 Å². The van der Waals surface area contributed by atoms with Gasteiger partial charge in [-0.05, 0) is 22.0 Å². The summed E-state index contributed by atoms with van der Waals surface area (Å²) in [4.78, 5) is 9.49. The monoisotopic (exact) mass is 326 g/mol. The molecule has 0 atom stereocenters. The maximum absolute atomic E-state index is 5.66. The summed E-state index contributed by atoms with van der Waals surface area (Å²) < 4.78 is 2.90. The van der Waals surface area contributed by atoms with E-state index in [9.17, 15) is 0 Å². The molecule has 0 aliphatic carbocycles. The molecule has 2 N–H and O–H groups in total. The molecule has 0 fully saturated rings. The lowest BCUT2D eigenvalue weighted by Crippen LogP contribution is -2.24. The highest BCUT2D eigenvalue weighted by Crippen LogP contribution is 2.26. The molecule has 0 aliphatic heterocycles. The van der Waals surface area contributed by atoms with Gasteiger partial charge < -0.3 is 10.3 Å². The maximum Gasteiger partial charge on any atom is 0.160 e. The van der Waals surface area contributed by atoms with Gasteiger partial charge in [-0.15, -0.1) is 0 Å². The molecule has 0 aliphatic rings. The lowest BCUT2D eigenvalue weighted by Gasteiger charge is -2.19. The van der Waals surface area contributed by atoms with Crippen molar-refractivity contribution >= 4 is 44.3 Å². The highest BCUT2D eigenvalue weighted by atomic mass is 79.9. The van der Waals surface area contributed by atoms with Crippen molar-refractivity contribution in [2.75, 3.05) is 0 Å². The topological polar surface area (TPSA) is 56.7 Å². The summed E-state index contributed by atoms with van der Waals surface area (Å²) >= 11 is 8.41. The average molecular weight is 327 g/mol. The number of halogens is 1. The van der Waals surface area contributed by atoms with E-state index in [1.807, 2.05) is 10.6 Å². The fraction of sp³-hybridized carbons (Fsp3) is 0.417. The minimum Gasteiger partial charge on any atom is -0.392 e.